The Balaban J connectivity index is 1.84. The van der Waals surface area contributed by atoms with Crippen LogP contribution in [0.25, 0.3) is 5.76 Å². The highest BCUT2D eigenvalue weighted by molar-refractivity contribution is 6.46. The predicted molar refractivity (Wildman–Crippen MR) is 127 cm³/mol. The van der Waals surface area contributed by atoms with E-state index in [4.69, 9.17) is 11.6 Å². The zero-order chi connectivity index (χ0) is 22.8. The number of carbonyl (C=O) groups excluding carboxylic acids is 2. The quantitative estimate of drug-likeness (QED) is 0.339. The molecule has 1 saturated heterocycles. The normalized spacial score (nSPS) is 17.6. The van der Waals surface area contributed by atoms with Crippen LogP contribution in [0.1, 0.15) is 22.7 Å². The summed E-state index contributed by atoms with van der Waals surface area (Å²) < 4.78 is 0. The number of rotatable bonds is 5. The van der Waals surface area contributed by atoms with Crippen molar-refractivity contribution in [3.8, 4) is 0 Å². The number of carbonyl (C=O) groups is 2. The van der Waals surface area contributed by atoms with Crippen molar-refractivity contribution in [3.05, 3.63) is 106 Å². The molecule has 0 saturated carbocycles. The number of likely N-dealkylation sites (tertiary alicyclic amines) is 1. The number of anilines is 1. The second-order valence-electron chi connectivity index (χ2n) is 7.91. The molecule has 3 aromatic rings. The molecule has 4 rings (SSSR count). The third-order valence-electron chi connectivity index (χ3n) is 5.58. The Hall–Kier alpha value is -3.57. The number of aliphatic hydroxyl groups is 1. The first kappa shape index (κ1) is 21.7. The number of aliphatic hydroxyl groups excluding tert-OH is 1. The van der Waals surface area contributed by atoms with Gasteiger partial charge in [-0.2, -0.15) is 0 Å². The predicted octanol–water partition coefficient (Wildman–Crippen LogP) is 5.03. The third kappa shape index (κ3) is 4.12. The van der Waals surface area contributed by atoms with Gasteiger partial charge in [0.1, 0.15) is 5.76 Å². The van der Waals surface area contributed by atoms with Gasteiger partial charge >= 0.3 is 0 Å². The van der Waals surface area contributed by atoms with Crippen LogP contribution in [0.5, 0.6) is 0 Å². The van der Waals surface area contributed by atoms with E-state index in [0.717, 1.165) is 16.8 Å². The van der Waals surface area contributed by atoms with Gasteiger partial charge in [-0.15, -0.1) is 0 Å². The van der Waals surface area contributed by atoms with Crippen LogP contribution in [0.15, 0.2) is 84.4 Å². The van der Waals surface area contributed by atoms with Crippen LogP contribution in [0.4, 0.5) is 5.69 Å². The molecule has 1 N–H and O–H groups in total. The number of Topliss-reactive ketones (excluding diaryl/α,β-unsaturated/α-hetero) is 1. The van der Waals surface area contributed by atoms with Crippen molar-refractivity contribution in [1.82, 2.24) is 4.90 Å². The minimum atomic E-state index is -0.706. The molecule has 0 aromatic heterocycles. The molecular formula is C26H23ClN2O3. The molecule has 1 heterocycles. The Labute approximate surface area is 192 Å². The molecule has 5 nitrogen and oxygen atoms in total. The first-order valence-electron chi connectivity index (χ1n) is 10.2. The topological polar surface area (TPSA) is 60.9 Å². The molecular weight excluding hydrogens is 424 g/mol. The zero-order valence-electron chi connectivity index (χ0n) is 17.8. The molecule has 6 heteroatoms. The summed E-state index contributed by atoms with van der Waals surface area (Å²) in [5.74, 6) is -1.54. The van der Waals surface area contributed by atoms with Gasteiger partial charge < -0.3 is 14.9 Å². The summed E-state index contributed by atoms with van der Waals surface area (Å²) in [6.45, 7) is 0.253. The van der Waals surface area contributed by atoms with Gasteiger partial charge in [0.05, 0.1) is 11.6 Å². The van der Waals surface area contributed by atoms with E-state index in [-0.39, 0.29) is 17.9 Å². The van der Waals surface area contributed by atoms with E-state index in [1.54, 1.807) is 24.3 Å². The minimum Gasteiger partial charge on any atom is -0.507 e. The summed E-state index contributed by atoms with van der Waals surface area (Å²) in [7, 11) is 3.88. The largest absolute Gasteiger partial charge is 0.507 e. The van der Waals surface area contributed by atoms with Crippen molar-refractivity contribution < 1.29 is 14.7 Å². The lowest BCUT2D eigenvalue weighted by molar-refractivity contribution is -0.140. The highest BCUT2D eigenvalue weighted by Gasteiger charge is 2.46. The number of benzene rings is 3. The molecule has 3 aromatic carbocycles. The van der Waals surface area contributed by atoms with Crippen LogP contribution in [-0.4, -0.2) is 35.8 Å². The maximum Gasteiger partial charge on any atom is 0.295 e. The molecule has 0 unspecified atom stereocenters. The second kappa shape index (κ2) is 8.89. The SMILES string of the molecule is CN(C)c1ccc([C@@H]2C(=C(O)c3ccc(Cl)cc3)C(=O)C(=O)N2Cc2ccccc2)cc1. The van der Waals surface area contributed by atoms with Gasteiger partial charge in [-0.1, -0.05) is 54.1 Å². The van der Waals surface area contributed by atoms with Crippen molar-refractivity contribution in [2.75, 3.05) is 19.0 Å². The molecule has 0 spiro atoms. The van der Waals surface area contributed by atoms with Crippen molar-refractivity contribution >= 4 is 34.7 Å². The Morgan fingerprint density at radius 1 is 0.938 bits per heavy atom. The van der Waals surface area contributed by atoms with Gasteiger partial charge in [0.2, 0.25) is 0 Å². The van der Waals surface area contributed by atoms with Gasteiger partial charge in [-0.3, -0.25) is 9.59 Å². The van der Waals surface area contributed by atoms with Crippen LogP contribution in [-0.2, 0) is 16.1 Å². The summed E-state index contributed by atoms with van der Waals surface area (Å²) in [6, 6.07) is 23.0. The van der Waals surface area contributed by atoms with Crippen LogP contribution in [0, 0.1) is 0 Å². The smallest absolute Gasteiger partial charge is 0.295 e. The van der Waals surface area contributed by atoms with Crippen LogP contribution < -0.4 is 4.90 Å². The van der Waals surface area contributed by atoms with E-state index in [9.17, 15) is 14.7 Å². The maximum absolute atomic E-state index is 13.1. The number of nitrogens with zero attached hydrogens (tertiary/aromatic N) is 2. The molecule has 1 aliphatic rings. The standard InChI is InChI=1S/C26H23ClN2O3/c1-28(2)21-14-10-18(11-15-21)23-22(24(30)19-8-12-20(27)13-9-19)25(31)26(32)29(23)16-17-6-4-3-5-7-17/h3-15,23,30H,16H2,1-2H3/t23-/m1/s1. The van der Waals surface area contributed by atoms with Crippen molar-refractivity contribution in [3.63, 3.8) is 0 Å². The van der Waals surface area contributed by atoms with Gasteiger partial charge in [-0.05, 0) is 47.5 Å². The van der Waals surface area contributed by atoms with Crippen molar-refractivity contribution in [2.24, 2.45) is 0 Å². The van der Waals surface area contributed by atoms with E-state index in [0.29, 0.717) is 10.6 Å². The Morgan fingerprint density at radius 3 is 2.16 bits per heavy atom. The van der Waals surface area contributed by atoms with Crippen LogP contribution in [0.2, 0.25) is 5.02 Å². The highest BCUT2D eigenvalue weighted by Crippen LogP contribution is 2.40. The first-order chi connectivity index (χ1) is 15.4. The molecule has 32 heavy (non-hydrogen) atoms. The monoisotopic (exact) mass is 446 g/mol. The zero-order valence-corrected chi connectivity index (χ0v) is 18.6. The van der Waals surface area contributed by atoms with Crippen LogP contribution >= 0.6 is 11.6 Å². The average molecular weight is 447 g/mol. The fraction of sp³-hybridized carbons (Fsp3) is 0.154. The number of hydrogen-bond donors (Lipinski definition) is 1. The number of ketones is 1. The molecule has 1 fully saturated rings. The summed E-state index contributed by atoms with van der Waals surface area (Å²) in [6.07, 6.45) is 0. The Bertz CT molecular complexity index is 1170. The molecule has 0 bridgehead atoms. The van der Waals surface area contributed by atoms with Crippen molar-refractivity contribution in [1.29, 1.82) is 0 Å². The van der Waals surface area contributed by atoms with Crippen LogP contribution in [0.3, 0.4) is 0 Å². The van der Waals surface area contributed by atoms with Gasteiger partial charge in [0.25, 0.3) is 11.7 Å². The Kier molecular flexibility index (Phi) is 6.01. The molecule has 0 aliphatic carbocycles. The van der Waals surface area contributed by atoms with E-state index >= 15 is 0 Å². The molecule has 1 atom stereocenters. The molecule has 1 aliphatic heterocycles. The van der Waals surface area contributed by atoms with Gasteiger partial charge in [0, 0.05) is 36.9 Å². The second-order valence-corrected chi connectivity index (χ2v) is 8.34. The average Bonchev–Trinajstić information content (AvgIpc) is 3.05. The minimum absolute atomic E-state index is 0.0749. The fourth-order valence-corrected chi connectivity index (χ4v) is 4.01. The molecule has 1 amide bonds. The third-order valence-corrected chi connectivity index (χ3v) is 5.83. The maximum atomic E-state index is 13.1. The summed E-state index contributed by atoms with van der Waals surface area (Å²) in [4.78, 5) is 29.7. The fourth-order valence-electron chi connectivity index (χ4n) is 3.89. The number of amides is 1. The van der Waals surface area contributed by atoms with Gasteiger partial charge in [0.15, 0.2) is 0 Å². The van der Waals surface area contributed by atoms with Crippen molar-refractivity contribution in [2.45, 2.75) is 12.6 Å². The lowest BCUT2D eigenvalue weighted by atomic mass is 9.95. The first-order valence-corrected chi connectivity index (χ1v) is 10.6. The number of halogens is 1. The number of hydrogen-bond acceptors (Lipinski definition) is 4. The Morgan fingerprint density at radius 2 is 1.56 bits per heavy atom. The lowest BCUT2D eigenvalue weighted by Crippen LogP contribution is -2.29. The summed E-state index contributed by atoms with van der Waals surface area (Å²) in [5.41, 5.74) is 3.15. The molecule has 0 radical (unpaired) electrons. The van der Waals surface area contributed by atoms with E-state index in [1.165, 1.54) is 4.90 Å². The summed E-state index contributed by atoms with van der Waals surface area (Å²) in [5, 5.41) is 11.6. The summed E-state index contributed by atoms with van der Waals surface area (Å²) >= 11 is 5.98. The highest BCUT2D eigenvalue weighted by atomic mass is 35.5. The van der Waals surface area contributed by atoms with E-state index < -0.39 is 17.7 Å². The lowest BCUT2D eigenvalue weighted by Gasteiger charge is -2.26. The van der Waals surface area contributed by atoms with E-state index in [2.05, 4.69) is 0 Å². The molecule has 162 valence electrons. The van der Waals surface area contributed by atoms with Gasteiger partial charge in [-0.25, -0.2) is 0 Å². The van der Waals surface area contributed by atoms with E-state index in [1.807, 2.05) is 73.6 Å².